The molecule has 3 aromatic carbocycles. The second-order valence-electron chi connectivity index (χ2n) is 7.27. The molecule has 1 aliphatic rings. The van der Waals surface area contributed by atoms with Crippen molar-refractivity contribution in [3.63, 3.8) is 0 Å². The van der Waals surface area contributed by atoms with Gasteiger partial charge in [0.2, 0.25) is 0 Å². The molecule has 0 bridgehead atoms. The Balaban J connectivity index is 1.37. The van der Waals surface area contributed by atoms with Gasteiger partial charge in [0.1, 0.15) is 0 Å². The average molecular weight is 386 g/mol. The smallest absolute Gasteiger partial charge is 0.159 e. The average Bonchev–Trinajstić information content (AvgIpc) is 2.74. The number of rotatable bonds is 3. The SMILES string of the molecule is Clc1ccc(-c2ncc3c(n2)CCN(Cc2cccc4ccccc24)C3)cc1. The summed E-state index contributed by atoms with van der Waals surface area (Å²) in [7, 11) is 0. The van der Waals surface area contributed by atoms with Gasteiger partial charge in [-0.1, -0.05) is 54.1 Å². The van der Waals surface area contributed by atoms with E-state index >= 15 is 0 Å². The predicted molar refractivity (Wildman–Crippen MR) is 114 cm³/mol. The minimum absolute atomic E-state index is 0.728. The van der Waals surface area contributed by atoms with Crippen molar-refractivity contribution >= 4 is 22.4 Å². The summed E-state index contributed by atoms with van der Waals surface area (Å²) in [5.74, 6) is 0.776. The number of halogens is 1. The number of nitrogens with zero attached hydrogens (tertiary/aromatic N) is 3. The molecule has 0 fully saturated rings. The molecule has 4 heteroatoms. The van der Waals surface area contributed by atoms with Gasteiger partial charge < -0.3 is 0 Å². The number of hydrogen-bond acceptors (Lipinski definition) is 3. The Morgan fingerprint density at radius 3 is 2.64 bits per heavy atom. The molecule has 138 valence electrons. The molecule has 1 aromatic heterocycles. The van der Waals surface area contributed by atoms with Crippen molar-refractivity contribution in [2.75, 3.05) is 6.54 Å². The van der Waals surface area contributed by atoms with E-state index in [0.717, 1.165) is 48.2 Å². The van der Waals surface area contributed by atoms with Gasteiger partial charge in [-0.2, -0.15) is 0 Å². The highest BCUT2D eigenvalue weighted by atomic mass is 35.5. The summed E-state index contributed by atoms with van der Waals surface area (Å²) in [5.41, 5.74) is 4.77. The normalized spacial score (nSPS) is 14.2. The number of fused-ring (bicyclic) bond motifs is 2. The number of aromatic nitrogens is 2. The summed E-state index contributed by atoms with van der Waals surface area (Å²) >= 11 is 5.99. The lowest BCUT2D eigenvalue weighted by Gasteiger charge is -2.28. The van der Waals surface area contributed by atoms with Gasteiger partial charge in [0.25, 0.3) is 0 Å². The molecule has 0 N–H and O–H groups in total. The molecule has 0 saturated heterocycles. The van der Waals surface area contributed by atoms with Crippen molar-refractivity contribution in [1.82, 2.24) is 14.9 Å². The lowest BCUT2D eigenvalue weighted by Crippen LogP contribution is -2.31. The topological polar surface area (TPSA) is 29.0 Å². The fraction of sp³-hybridized carbons (Fsp3) is 0.167. The second kappa shape index (κ2) is 7.34. The first-order chi connectivity index (χ1) is 13.8. The summed E-state index contributed by atoms with van der Waals surface area (Å²) in [6.07, 6.45) is 2.94. The zero-order valence-corrected chi connectivity index (χ0v) is 16.2. The molecule has 2 heterocycles. The van der Waals surface area contributed by atoms with E-state index in [9.17, 15) is 0 Å². The third-order valence-electron chi connectivity index (χ3n) is 5.39. The van der Waals surface area contributed by atoms with Gasteiger partial charge in [-0.3, -0.25) is 4.90 Å². The Bertz CT molecular complexity index is 1130. The molecule has 0 radical (unpaired) electrons. The molecule has 1 aliphatic heterocycles. The van der Waals surface area contributed by atoms with E-state index in [1.807, 2.05) is 30.5 Å². The monoisotopic (exact) mass is 385 g/mol. The van der Waals surface area contributed by atoms with Crippen LogP contribution in [0.3, 0.4) is 0 Å². The quantitative estimate of drug-likeness (QED) is 0.465. The second-order valence-corrected chi connectivity index (χ2v) is 7.71. The van der Waals surface area contributed by atoms with Crippen LogP contribution in [0.2, 0.25) is 5.02 Å². The number of hydrogen-bond donors (Lipinski definition) is 0. The van der Waals surface area contributed by atoms with E-state index in [4.69, 9.17) is 16.6 Å². The van der Waals surface area contributed by atoms with Crippen LogP contribution >= 0.6 is 11.6 Å². The first-order valence-electron chi connectivity index (χ1n) is 9.56. The van der Waals surface area contributed by atoms with E-state index < -0.39 is 0 Å². The largest absolute Gasteiger partial charge is 0.294 e. The van der Waals surface area contributed by atoms with Crippen LogP contribution in [0.25, 0.3) is 22.2 Å². The standard InChI is InChI=1S/C24H20ClN3/c25-21-10-8-18(9-11-21)24-26-14-20-16-28(13-12-23(20)27-24)15-19-6-3-5-17-4-1-2-7-22(17)19/h1-11,14H,12-13,15-16H2. The Labute approximate surface area is 169 Å². The summed E-state index contributed by atoms with van der Waals surface area (Å²) in [4.78, 5) is 11.9. The molecular weight excluding hydrogens is 366 g/mol. The van der Waals surface area contributed by atoms with E-state index in [1.54, 1.807) is 0 Å². The molecule has 0 saturated carbocycles. The maximum atomic E-state index is 5.99. The van der Waals surface area contributed by atoms with Crippen LogP contribution in [-0.2, 0) is 19.5 Å². The molecule has 0 amide bonds. The Morgan fingerprint density at radius 2 is 1.75 bits per heavy atom. The van der Waals surface area contributed by atoms with Crippen molar-refractivity contribution in [2.24, 2.45) is 0 Å². The lowest BCUT2D eigenvalue weighted by molar-refractivity contribution is 0.244. The fourth-order valence-electron chi connectivity index (χ4n) is 3.92. The molecule has 3 nitrogen and oxygen atoms in total. The molecule has 0 spiro atoms. The molecule has 4 aromatic rings. The summed E-state index contributed by atoms with van der Waals surface area (Å²) in [5, 5.41) is 3.37. The van der Waals surface area contributed by atoms with Crippen LogP contribution < -0.4 is 0 Å². The third kappa shape index (κ3) is 3.39. The predicted octanol–water partition coefficient (Wildman–Crippen LogP) is 5.51. The minimum Gasteiger partial charge on any atom is -0.294 e. The Kier molecular flexibility index (Phi) is 4.55. The van der Waals surface area contributed by atoms with Crippen molar-refractivity contribution < 1.29 is 0 Å². The zero-order chi connectivity index (χ0) is 18.9. The van der Waals surface area contributed by atoms with Gasteiger partial charge >= 0.3 is 0 Å². The van der Waals surface area contributed by atoms with E-state index in [-0.39, 0.29) is 0 Å². The molecule has 0 atom stereocenters. The molecule has 5 rings (SSSR count). The van der Waals surface area contributed by atoms with Crippen LogP contribution in [0.15, 0.2) is 72.9 Å². The van der Waals surface area contributed by atoms with Crippen molar-refractivity contribution in [3.05, 3.63) is 94.8 Å². The van der Waals surface area contributed by atoms with Crippen LogP contribution in [0.5, 0.6) is 0 Å². The minimum atomic E-state index is 0.728. The summed E-state index contributed by atoms with van der Waals surface area (Å²) in [6.45, 7) is 2.84. The fourth-order valence-corrected chi connectivity index (χ4v) is 4.04. The molecular formula is C24H20ClN3. The van der Waals surface area contributed by atoms with Crippen molar-refractivity contribution in [1.29, 1.82) is 0 Å². The van der Waals surface area contributed by atoms with Gasteiger partial charge in [0.05, 0.1) is 5.69 Å². The van der Waals surface area contributed by atoms with E-state index in [2.05, 4.69) is 52.3 Å². The zero-order valence-electron chi connectivity index (χ0n) is 15.5. The van der Waals surface area contributed by atoms with Crippen LogP contribution in [0.1, 0.15) is 16.8 Å². The van der Waals surface area contributed by atoms with Gasteiger partial charge in [0.15, 0.2) is 5.82 Å². The molecule has 0 aliphatic carbocycles. The molecule has 28 heavy (non-hydrogen) atoms. The van der Waals surface area contributed by atoms with E-state index in [1.165, 1.54) is 21.9 Å². The highest BCUT2D eigenvalue weighted by Gasteiger charge is 2.19. The van der Waals surface area contributed by atoms with Crippen LogP contribution in [0, 0.1) is 0 Å². The van der Waals surface area contributed by atoms with Crippen molar-refractivity contribution in [3.8, 4) is 11.4 Å². The first kappa shape index (κ1) is 17.4. The maximum Gasteiger partial charge on any atom is 0.159 e. The number of benzene rings is 3. The highest BCUT2D eigenvalue weighted by molar-refractivity contribution is 6.30. The Hall–Kier alpha value is -2.75. The van der Waals surface area contributed by atoms with Crippen LogP contribution in [-0.4, -0.2) is 21.4 Å². The molecule has 0 unspecified atom stereocenters. The highest BCUT2D eigenvalue weighted by Crippen LogP contribution is 2.25. The van der Waals surface area contributed by atoms with Gasteiger partial charge in [0, 0.05) is 48.4 Å². The Morgan fingerprint density at radius 1 is 0.929 bits per heavy atom. The lowest BCUT2D eigenvalue weighted by atomic mass is 10.0. The van der Waals surface area contributed by atoms with Gasteiger partial charge in [-0.25, -0.2) is 9.97 Å². The van der Waals surface area contributed by atoms with Gasteiger partial charge in [-0.05, 0) is 40.6 Å². The summed E-state index contributed by atoms with van der Waals surface area (Å²) < 4.78 is 0. The van der Waals surface area contributed by atoms with Crippen LogP contribution in [0.4, 0.5) is 0 Å². The summed E-state index contributed by atoms with van der Waals surface area (Å²) in [6, 6.07) is 22.9. The van der Waals surface area contributed by atoms with E-state index in [0.29, 0.717) is 0 Å². The first-order valence-corrected chi connectivity index (χ1v) is 9.94. The maximum absolute atomic E-state index is 5.99. The van der Waals surface area contributed by atoms with Gasteiger partial charge in [-0.15, -0.1) is 0 Å². The van der Waals surface area contributed by atoms with Crippen molar-refractivity contribution in [2.45, 2.75) is 19.5 Å². The third-order valence-corrected chi connectivity index (χ3v) is 5.64.